The monoisotopic (exact) mass is 267 g/mol. The van der Waals surface area contributed by atoms with E-state index < -0.39 is 0 Å². The van der Waals surface area contributed by atoms with Gasteiger partial charge in [0.1, 0.15) is 23.6 Å². The van der Waals surface area contributed by atoms with Gasteiger partial charge in [0, 0.05) is 11.6 Å². The highest BCUT2D eigenvalue weighted by atomic mass is 19.1. The normalized spacial score (nSPS) is 10.2. The minimum atomic E-state index is -0.374. The Balaban J connectivity index is 1.99. The van der Waals surface area contributed by atoms with Gasteiger partial charge in [-0.1, -0.05) is 36.4 Å². The van der Waals surface area contributed by atoms with Crippen molar-refractivity contribution in [2.75, 3.05) is 0 Å². The summed E-state index contributed by atoms with van der Waals surface area (Å²) in [6.45, 7) is 0. The van der Waals surface area contributed by atoms with Gasteiger partial charge in [-0.3, -0.25) is 0 Å². The van der Waals surface area contributed by atoms with Crippen molar-refractivity contribution < 1.29 is 9.13 Å². The van der Waals surface area contributed by atoms with Crippen LogP contribution in [0.5, 0.6) is 11.6 Å². The van der Waals surface area contributed by atoms with Gasteiger partial charge in [-0.05, 0) is 12.1 Å². The Labute approximate surface area is 114 Å². The number of aromatic nitrogens is 3. The second-order valence-electron chi connectivity index (χ2n) is 4.04. The molecule has 4 nitrogen and oxygen atoms in total. The Hall–Kier alpha value is -2.82. The van der Waals surface area contributed by atoms with E-state index in [1.807, 2.05) is 30.3 Å². The van der Waals surface area contributed by atoms with Gasteiger partial charge in [0.2, 0.25) is 0 Å². The van der Waals surface area contributed by atoms with Crippen molar-refractivity contribution in [1.29, 1.82) is 0 Å². The summed E-state index contributed by atoms with van der Waals surface area (Å²) in [4.78, 5) is 4.18. The first kappa shape index (κ1) is 12.2. The zero-order chi connectivity index (χ0) is 13.8. The molecule has 0 saturated carbocycles. The van der Waals surface area contributed by atoms with Crippen molar-refractivity contribution in [1.82, 2.24) is 15.2 Å². The quantitative estimate of drug-likeness (QED) is 0.729. The summed E-state index contributed by atoms with van der Waals surface area (Å²) in [7, 11) is 0. The fraction of sp³-hybridized carbons (Fsp3) is 0. The van der Waals surface area contributed by atoms with E-state index in [2.05, 4.69) is 15.2 Å². The van der Waals surface area contributed by atoms with E-state index in [4.69, 9.17) is 4.74 Å². The molecule has 0 aliphatic rings. The Morgan fingerprint density at radius 1 is 0.950 bits per heavy atom. The first-order valence-corrected chi connectivity index (χ1v) is 5.99. The van der Waals surface area contributed by atoms with Crippen molar-refractivity contribution in [3.05, 3.63) is 66.7 Å². The average molecular weight is 267 g/mol. The molecule has 0 unspecified atom stereocenters. The maximum absolute atomic E-state index is 13.2. The highest BCUT2D eigenvalue weighted by Gasteiger charge is 2.11. The number of nitrogens with zero attached hydrogens (tertiary/aromatic N) is 3. The predicted octanol–water partition coefficient (Wildman–Crippen LogP) is 3.47. The van der Waals surface area contributed by atoms with E-state index in [0.29, 0.717) is 11.4 Å². The summed E-state index contributed by atoms with van der Waals surface area (Å²) >= 11 is 0. The van der Waals surface area contributed by atoms with Gasteiger partial charge >= 0.3 is 0 Å². The number of hydrogen-bond acceptors (Lipinski definition) is 4. The van der Waals surface area contributed by atoms with Crippen molar-refractivity contribution in [3.8, 4) is 22.9 Å². The Bertz CT molecular complexity index is 719. The molecule has 0 aliphatic heterocycles. The maximum atomic E-state index is 13.2. The number of halogens is 1. The highest BCUT2D eigenvalue weighted by Crippen LogP contribution is 2.28. The topological polar surface area (TPSA) is 47.9 Å². The fourth-order valence-electron chi connectivity index (χ4n) is 1.77. The van der Waals surface area contributed by atoms with Crippen molar-refractivity contribution in [2.24, 2.45) is 0 Å². The van der Waals surface area contributed by atoms with E-state index in [0.717, 1.165) is 5.56 Å². The largest absolute Gasteiger partial charge is 0.436 e. The molecule has 98 valence electrons. The summed E-state index contributed by atoms with van der Waals surface area (Å²) in [5, 5.41) is 7.63. The third kappa shape index (κ3) is 2.61. The number of benzene rings is 2. The zero-order valence-electron chi connectivity index (χ0n) is 10.4. The van der Waals surface area contributed by atoms with Crippen LogP contribution in [0, 0.1) is 5.82 Å². The molecule has 0 fully saturated rings. The molecule has 5 heteroatoms. The van der Waals surface area contributed by atoms with Crippen LogP contribution >= 0.6 is 0 Å². The van der Waals surface area contributed by atoms with Crippen molar-refractivity contribution in [3.63, 3.8) is 0 Å². The number of rotatable bonds is 3. The Kier molecular flexibility index (Phi) is 3.33. The van der Waals surface area contributed by atoms with E-state index in [1.165, 1.54) is 18.5 Å². The molecule has 0 radical (unpaired) electrons. The van der Waals surface area contributed by atoms with E-state index in [-0.39, 0.29) is 11.7 Å². The standard InChI is InChI=1S/C15H10FN3O/c16-12-7-4-8-13(9-12)20-15-14(17-10-18-19-15)11-5-2-1-3-6-11/h1-10H. The van der Waals surface area contributed by atoms with Gasteiger partial charge in [0.05, 0.1) is 0 Å². The molecule has 0 bridgehead atoms. The van der Waals surface area contributed by atoms with Crippen molar-refractivity contribution >= 4 is 0 Å². The van der Waals surface area contributed by atoms with E-state index in [1.54, 1.807) is 12.1 Å². The van der Waals surface area contributed by atoms with Crippen LogP contribution in [0.1, 0.15) is 0 Å². The van der Waals surface area contributed by atoms with Gasteiger partial charge in [0.25, 0.3) is 5.88 Å². The molecule has 0 N–H and O–H groups in total. The predicted molar refractivity (Wildman–Crippen MR) is 71.7 cm³/mol. The minimum absolute atomic E-state index is 0.240. The van der Waals surface area contributed by atoms with Crippen LogP contribution in [-0.2, 0) is 0 Å². The maximum Gasteiger partial charge on any atom is 0.265 e. The van der Waals surface area contributed by atoms with Gasteiger partial charge in [-0.2, -0.15) is 0 Å². The van der Waals surface area contributed by atoms with Crippen LogP contribution in [0.25, 0.3) is 11.3 Å². The highest BCUT2D eigenvalue weighted by molar-refractivity contribution is 5.63. The second kappa shape index (κ2) is 5.44. The minimum Gasteiger partial charge on any atom is -0.436 e. The number of hydrogen-bond donors (Lipinski definition) is 0. The van der Waals surface area contributed by atoms with Crippen LogP contribution < -0.4 is 4.74 Å². The lowest BCUT2D eigenvalue weighted by Gasteiger charge is -2.08. The van der Waals surface area contributed by atoms with Crippen molar-refractivity contribution in [2.45, 2.75) is 0 Å². The molecule has 20 heavy (non-hydrogen) atoms. The summed E-state index contributed by atoms with van der Waals surface area (Å²) in [6.07, 6.45) is 1.35. The Morgan fingerprint density at radius 3 is 2.60 bits per heavy atom. The second-order valence-corrected chi connectivity index (χ2v) is 4.04. The molecule has 3 aromatic rings. The summed E-state index contributed by atoms with van der Waals surface area (Å²) in [5.41, 5.74) is 1.42. The molecule has 0 atom stereocenters. The fourth-order valence-corrected chi connectivity index (χ4v) is 1.77. The molecule has 3 rings (SSSR count). The molecule has 1 heterocycles. The average Bonchev–Trinajstić information content (AvgIpc) is 2.49. The third-order valence-electron chi connectivity index (χ3n) is 2.65. The van der Waals surface area contributed by atoms with Gasteiger partial charge in [-0.15, -0.1) is 10.2 Å². The lowest BCUT2D eigenvalue weighted by molar-refractivity contribution is 0.449. The van der Waals surface area contributed by atoms with Crippen LogP contribution in [0.15, 0.2) is 60.9 Å². The molecule has 0 amide bonds. The van der Waals surface area contributed by atoms with E-state index in [9.17, 15) is 4.39 Å². The van der Waals surface area contributed by atoms with Crippen LogP contribution in [-0.4, -0.2) is 15.2 Å². The molecule has 2 aromatic carbocycles. The summed E-state index contributed by atoms with van der Waals surface area (Å²) in [5.74, 6) is 0.217. The van der Waals surface area contributed by atoms with Crippen LogP contribution in [0.2, 0.25) is 0 Å². The Morgan fingerprint density at radius 2 is 1.80 bits per heavy atom. The molecule has 0 spiro atoms. The molecular weight excluding hydrogens is 257 g/mol. The first-order valence-electron chi connectivity index (χ1n) is 5.99. The van der Waals surface area contributed by atoms with Crippen LogP contribution in [0.4, 0.5) is 4.39 Å². The van der Waals surface area contributed by atoms with Gasteiger partial charge in [-0.25, -0.2) is 9.37 Å². The lowest BCUT2D eigenvalue weighted by atomic mass is 10.1. The summed E-state index contributed by atoms with van der Waals surface area (Å²) in [6, 6.07) is 15.3. The van der Waals surface area contributed by atoms with E-state index >= 15 is 0 Å². The molecule has 0 saturated heterocycles. The lowest BCUT2D eigenvalue weighted by Crippen LogP contribution is -1.96. The third-order valence-corrected chi connectivity index (χ3v) is 2.65. The van der Waals surface area contributed by atoms with Gasteiger partial charge < -0.3 is 4.74 Å². The van der Waals surface area contributed by atoms with Gasteiger partial charge in [0.15, 0.2) is 0 Å². The molecular formula is C15H10FN3O. The smallest absolute Gasteiger partial charge is 0.265 e. The number of ether oxygens (including phenoxy) is 1. The zero-order valence-corrected chi connectivity index (χ0v) is 10.4. The summed E-state index contributed by atoms with van der Waals surface area (Å²) < 4.78 is 18.7. The SMILES string of the molecule is Fc1cccc(Oc2nncnc2-c2ccccc2)c1. The molecule has 1 aromatic heterocycles. The first-order chi connectivity index (χ1) is 9.83. The van der Waals surface area contributed by atoms with Crippen LogP contribution in [0.3, 0.4) is 0 Å². The molecule has 0 aliphatic carbocycles.